The molecule has 2 aromatic heterocycles. The zero-order valence-corrected chi connectivity index (χ0v) is 13.0. The van der Waals surface area contributed by atoms with Crippen molar-refractivity contribution in [1.29, 1.82) is 0 Å². The second-order valence-corrected chi connectivity index (χ2v) is 5.72. The molecule has 1 amide bonds. The number of carboxylic acids is 1. The van der Waals surface area contributed by atoms with Crippen LogP contribution in [0.5, 0.6) is 0 Å². The first-order valence-electron chi connectivity index (χ1n) is 7.50. The third-order valence-electron chi connectivity index (χ3n) is 4.23. The number of aromatic nitrogens is 3. The number of aryl methyl sites for hydroxylation is 2. The topological polar surface area (TPSA) is 97.1 Å². The van der Waals surface area contributed by atoms with E-state index < -0.39 is 5.97 Å². The van der Waals surface area contributed by atoms with Crippen molar-refractivity contribution in [3.8, 4) is 0 Å². The number of fused-ring (bicyclic) bond motifs is 1. The molecule has 1 unspecified atom stereocenters. The number of aromatic carboxylic acids is 1. The monoisotopic (exact) mass is 314 g/mol. The van der Waals surface area contributed by atoms with Gasteiger partial charge in [0.25, 0.3) is 5.91 Å². The van der Waals surface area contributed by atoms with Crippen LogP contribution in [0.15, 0.2) is 18.3 Å². The molecule has 1 aliphatic rings. The molecule has 0 aromatic carbocycles. The Bertz CT molecular complexity index is 782. The number of hydrogen-bond donors (Lipinski definition) is 2. The first kappa shape index (κ1) is 15.2. The minimum Gasteiger partial charge on any atom is -0.478 e. The summed E-state index contributed by atoms with van der Waals surface area (Å²) in [5.41, 5.74) is 2.85. The molecule has 7 heteroatoms. The molecule has 0 bridgehead atoms. The van der Waals surface area contributed by atoms with Crippen LogP contribution in [0, 0.1) is 6.92 Å². The van der Waals surface area contributed by atoms with Gasteiger partial charge in [-0.05, 0) is 38.3 Å². The molecule has 2 heterocycles. The number of carboxylic acid groups (broad SMARTS) is 1. The van der Waals surface area contributed by atoms with Crippen LogP contribution in [-0.2, 0) is 13.5 Å². The summed E-state index contributed by atoms with van der Waals surface area (Å²) in [6.45, 7) is 1.58. The Labute approximate surface area is 133 Å². The van der Waals surface area contributed by atoms with Gasteiger partial charge in [-0.3, -0.25) is 9.48 Å². The van der Waals surface area contributed by atoms with Crippen LogP contribution < -0.4 is 5.32 Å². The van der Waals surface area contributed by atoms with Gasteiger partial charge >= 0.3 is 5.97 Å². The lowest BCUT2D eigenvalue weighted by molar-refractivity contribution is 0.0694. The maximum absolute atomic E-state index is 12.4. The van der Waals surface area contributed by atoms with Gasteiger partial charge < -0.3 is 10.4 Å². The van der Waals surface area contributed by atoms with Crippen molar-refractivity contribution in [1.82, 2.24) is 20.1 Å². The lowest BCUT2D eigenvalue weighted by Crippen LogP contribution is -2.31. The number of rotatable bonds is 3. The Morgan fingerprint density at radius 3 is 2.87 bits per heavy atom. The first-order chi connectivity index (χ1) is 11.0. The van der Waals surface area contributed by atoms with E-state index in [1.165, 1.54) is 12.1 Å². The van der Waals surface area contributed by atoms with Crippen LogP contribution in [0.1, 0.15) is 56.7 Å². The van der Waals surface area contributed by atoms with E-state index >= 15 is 0 Å². The van der Waals surface area contributed by atoms with Crippen molar-refractivity contribution >= 4 is 11.9 Å². The largest absolute Gasteiger partial charge is 0.478 e. The fourth-order valence-electron chi connectivity index (χ4n) is 3.00. The summed E-state index contributed by atoms with van der Waals surface area (Å²) in [5.74, 6) is -1.35. The highest BCUT2D eigenvalue weighted by Crippen LogP contribution is 2.29. The Hall–Kier alpha value is -2.70. The fraction of sp³-hybridized carbons (Fsp3) is 0.375. The van der Waals surface area contributed by atoms with Gasteiger partial charge in [-0.2, -0.15) is 5.10 Å². The maximum Gasteiger partial charge on any atom is 0.337 e. The van der Waals surface area contributed by atoms with E-state index in [1.807, 2.05) is 11.7 Å². The van der Waals surface area contributed by atoms with Gasteiger partial charge in [0.1, 0.15) is 5.69 Å². The predicted octanol–water partition coefficient (Wildman–Crippen LogP) is 1.63. The van der Waals surface area contributed by atoms with E-state index in [2.05, 4.69) is 15.4 Å². The molecular weight excluding hydrogens is 296 g/mol. The Morgan fingerprint density at radius 2 is 2.17 bits per heavy atom. The van der Waals surface area contributed by atoms with Crippen molar-refractivity contribution in [2.24, 2.45) is 7.05 Å². The van der Waals surface area contributed by atoms with Gasteiger partial charge in [0.2, 0.25) is 0 Å². The molecule has 0 fully saturated rings. The van der Waals surface area contributed by atoms with Crippen molar-refractivity contribution in [3.63, 3.8) is 0 Å². The molecule has 3 rings (SSSR count). The van der Waals surface area contributed by atoms with Crippen LogP contribution in [0.3, 0.4) is 0 Å². The smallest absolute Gasteiger partial charge is 0.337 e. The van der Waals surface area contributed by atoms with Gasteiger partial charge in [-0.1, -0.05) is 0 Å². The minimum absolute atomic E-state index is 0.0822. The third kappa shape index (κ3) is 2.81. The lowest BCUT2D eigenvalue weighted by Gasteiger charge is -2.23. The van der Waals surface area contributed by atoms with E-state index in [1.54, 1.807) is 13.1 Å². The molecule has 0 aliphatic heterocycles. The van der Waals surface area contributed by atoms with Crippen molar-refractivity contribution in [2.45, 2.75) is 32.2 Å². The van der Waals surface area contributed by atoms with Crippen LogP contribution >= 0.6 is 0 Å². The molecule has 1 atom stereocenters. The van der Waals surface area contributed by atoms with Gasteiger partial charge in [0, 0.05) is 18.3 Å². The highest BCUT2D eigenvalue weighted by Gasteiger charge is 2.25. The van der Waals surface area contributed by atoms with Gasteiger partial charge in [-0.25, -0.2) is 9.78 Å². The average molecular weight is 314 g/mol. The van der Waals surface area contributed by atoms with Crippen molar-refractivity contribution in [2.75, 3.05) is 0 Å². The number of nitrogens with one attached hydrogen (secondary N) is 1. The number of nitrogens with zero attached hydrogens (tertiary/aromatic N) is 3. The highest BCUT2D eigenvalue weighted by molar-refractivity contribution is 5.94. The van der Waals surface area contributed by atoms with E-state index in [4.69, 9.17) is 5.11 Å². The maximum atomic E-state index is 12.4. The van der Waals surface area contributed by atoms with Crippen LogP contribution in [0.4, 0.5) is 0 Å². The summed E-state index contributed by atoms with van der Waals surface area (Å²) < 4.78 is 1.84. The van der Waals surface area contributed by atoms with E-state index in [0.717, 1.165) is 30.5 Å². The highest BCUT2D eigenvalue weighted by atomic mass is 16.4. The van der Waals surface area contributed by atoms with E-state index in [0.29, 0.717) is 5.69 Å². The van der Waals surface area contributed by atoms with Crippen molar-refractivity contribution < 1.29 is 14.7 Å². The minimum atomic E-state index is -1.05. The Morgan fingerprint density at radius 1 is 1.39 bits per heavy atom. The molecule has 0 saturated heterocycles. The molecule has 23 heavy (non-hydrogen) atoms. The summed E-state index contributed by atoms with van der Waals surface area (Å²) in [6, 6.07) is 2.77. The lowest BCUT2D eigenvalue weighted by atomic mass is 9.93. The molecular formula is C16H18N4O3. The number of pyridine rings is 1. The molecule has 0 saturated carbocycles. The number of amides is 1. The van der Waals surface area contributed by atoms with Crippen LogP contribution in [0.2, 0.25) is 0 Å². The van der Waals surface area contributed by atoms with Gasteiger partial charge in [0.05, 0.1) is 23.5 Å². The molecule has 2 aromatic rings. The predicted molar refractivity (Wildman–Crippen MR) is 82.3 cm³/mol. The quantitative estimate of drug-likeness (QED) is 0.897. The molecule has 0 spiro atoms. The standard InChI is InChI=1S/C16H18N4O3/c1-9-10(16(22)23)6-7-13(18-9)15(21)19-12-4-3-5-14-11(12)8-17-20(14)2/h6-8,12H,3-5H2,1-2H3,(H,19,21)(H,22,23). The fourth-order valence-corrected chi connectivity index (χ4v) is 3.00. The van der Waals surface area contributed by atoms with Crippen LogP contribution in [-0.4, -0.2) is 31.7 Å². The Kier molecular flexibility index (Phi) is 3.85. The molecule has 0 radical (unpaired) electrons. The normalized spacial score (nSPS) is 16.7. The first-order valence-corrected chi connectivity index (χ1v) is 7.50. The van der Waals surface area contributed by atoms with Gasteiger partial charge in [0.15, 0.2) is 0 Å². The van der Waals surface area contributed by atoms with E-state index in [9.17, 15) is 9.59 Å². The molecule has 2 N–H and O–H groups in total. The average Bonchev–Trinajstić information content (AvgIpc) is 2.89. The second kappa shape index (κ2) is 5.83. The third-order valence-corrected chi connectivity index (χ3v) is 4.23. The van der Waals surface area contributed by atoms with E-state index in [-0.39, 0.29) is 23.2 Å². The number of carbonyl (C=O) groups is 2. The molecule has 1 aliphatic carbocycles. The van der Waals surface area contributed by atoms with Gasteiger partial charge in [-0.15, -0.1) is 0 Å². The summed E-state index contributed by atoms with van der Waals surface area (Å²) >= 11 is 0. The summed E-state index contributed by atoms with van der Waals surface area (Å²) in [6.07, 6.45) is 4.60. The summed E-state index contributed by atoms with van der Waals surface area (Å²) in [4.78, 5) is 27.5. The zero-order chi connectivity index (χ0) is 16.6. The number of carbonyl (C=O) groups excluding carboxylic acids is 1. The molecule has 7 nitrogen and oxygen atoms in total. The van der Waals surface area contributed by atoms with Crippen LogP contribution in [0.25, 0.3) is 0 Å². The SMILES string of the molecule is Cc1nc(C(=O)NC2CCCc3c2cnn3C)ccc1C(=O)O. The van der Waals surface area contributed by atoms with Crippen molar-refractivity contribution in [3.05, 3.63) is 46.5 Å². The zero-order valence-electron chi connectivity index (χ0n) is 13.0. The summed E-state index contributed by atoms with van der Waals surface area (Å²) in [5, 5.41) is 16.3. The number of hydrogen-bond acceptors (Lipinski definition) is 4. The second-order valence-electron chi connectivity index (χ2n) is 5.72. The Balaban J connectivity index is 1.80. The summed E-state index contributed by atoms with van der Waals surface area (Å²) in [7, 11) is 1.90. The molecule has 120 valence electrons.